The first kappa shape index (κ1) is 24.9. The van der Waals surface area contributed by atoms with E-state index in [1.807, 2.05) is 30.3 Å². The molecule has 0 radical (unpaired) electrons. The summed E-state index contributed by atoms with van der Waals surface area (Å²) >= 11 is 0. The number of ether oxygens (including phenoxy) is 2. The molecule has 0 N–H and O–H groups in total. The summed E-state index contributed by atoms with van der Waals surface area (Å²) in [5.41, 5.74) is 0.557. The molecule has 1 fully saturated rings. The molecule has 1 heterocycles. The number of benzene rings is 2. The van der Waals surface area contributed by atoms with Crippen molar-refractivity contribution in [1.29, 1.82) is 0 Å². The first-order valence-electron chi connectivity index (χ1n) is 11.7. The van der Waals surface area contributed by atoms with Crippen LogP contribution in [0.4, 0.5) is 28.4 Å². The van der Waals surface area contributed by atoms with E-state index in [0.29, 0.717) is 5.69 Å². The zero-order valence-electron chi connectivity index (χ0n) is 19.9. The van der Waals surface area contributed by atoms with E-state index in [9.17, 15) is 22.8 Å². The van der Waals surface area contributed by atoms with Crippen molar-refractivity contribution in [1.82, 2.24) is 4.90 Å². The minimum atomic E-state index is -4.58. The summed E-state index contributed by atoms with van der Waals surface area (Å²) in [6.07, 6.45) is -4.12. The second-order valence-electron chi connectivity index (χ2n) is 9.31. The van der Waals surface area contributed by atoms with Crippen LogP contribution in [-0.2, 0) is 22.2 Å². The maximum absolute atomic E-state index is 13.7. The molecule has 2 unspecified atom stereocenters. The molecule has 1 aliphatic heterocycles. The predicted molar refractivity (Wildman–Crippen MR) is 124 cm³/mol. The van der Waals surface area contributed by atoms with Gasteiger partial charge >= 0.3 is 18.4 Å². The third-order valence-electron chi connectivity index (χ3n) is 6.45. The highest BCUT2D eigenvalue weighted by Gasteiger charge is 2.47. The lowest BCUT2D eigenvalue weighted by molar-refractivity contribution is -0.137. The number of nitrogens with zero attached hydrogens (tertiary/aromatic N) is 2. The van der Waals surface area contributed by atoms with Crippen LogP contribution in [0.3, 0.4) is 0 Å². The van der Waals surface area contributed by atoms with Gasteiger partial charge in [-0.15, -0.1) is 0 Å². The Labute approximate surface area is 202 Å². The van der Waals surface area contributed by atoms with Crippen LogP contribution in [-0.4, -0.2) is 36.3 Å². The van der Waals surface area contributed by atoms with Gasteiger partial charge in [0.15, 0.2) is 0 Å². The highest BCUT2D eigenvalue weighted by atomic mass is 19.4. The van der Waals surface area contributed by atoms with Crippen LogP contribution in [0.5, 0.6) is 0 Å². The Morgan fingerprint density at radius 2 is 1.80 bits per heavy atom. The highest BCUT2D eigenvalue weighted by molar-refractivity contribution is 5.91. The summed E-state index contributed by atoms with van der Waals surface area (Å²) < 4.78 is 51.6. The maximum Gasteiger partial charge on any atom is 0.416 e. The molecule has 9 heteroatoms. The number of rotatable bonds is 5. The van der Waals surface area contributed by atoms with E-state index in [4.69, 9.17) is 9.47 Å². The topological polar surface area (TPSA) is 59.1 Å². The molecule has 2 aliphatic rings. The summed E-state index contributed by atoms with van der Waals surface area (Å²) in [7, 11) is 1.25. The van der Waals surface area contributed by atoms with Gasteiger partial charge < -0.3 is 9.47 Å². The average Bonchev–Trinajstić information content (AvgIpc) is 3.66. The summed E-state index contributed by atoms with van der Waals surface area (Å²) in [4.78, 5) is 29.0. The molecule has 2 aromatic rings. The van der Waals surface area contributed by atoms with Gasteiger partial charge in [0.05, 0.1) is 30.5 Å². The number of amides is 2. The van der Waals surface area contributed by atoms with Gasteiger partial charge in [-0.25, -0.2) is 9.59 Å². The number of hydrogen-bond acceptors (Lipinski definition) is 4. The van der Waals surface area contributed by atoms with Crippen molar-refractivity contribution in [2.45, 2.75) is 64.0 Å². The van der Waals surface area contributed by atoms with Crippen LogP contribution < -0.4 is 4.90 Å². The van der Waals surface area contributed by atoms with Gasteiger partial charge in [0.2, 0.25) is 0 Å². The standard InChI is InChI=1S/C26H29F3N2O4/c1-16(2)35-25(33)31-21-12-11-19(26(27,28)29)13-20(21)23(14-22(31)18-9-10-18)30(24(32)34-3)15-17-7-5-4-6-8-17/h4-8,11-13,16,18,22-23H,9-10,14-15H2,1-3H3. The molecule has 1 saturated carbocycles. The number of methoxy groups -OCH3 is 1. The number of carbonyl (C=O) groups excluding carboxylic acids is 2. The largest absolute Gasteiger partial charge is 0.453 e. The Bertz CT molecular complexity index is 1070. The van der Waals surface area contributed by atoms with Crippen molar-refractivity contribution in [3.05, 3.63) is 65.2 Å². The van der Waals surface area contributed by atoms with Gasteiger partial charge in [-0.05, 0) is 68.4 Å². The maximum atomic E-state index is 13.7. The Morgan fingerprint density at radius 3 is 2.37 bits per heavy atom. The summed E-state index contributed by atoms with van der Waals surface area (Å²) in [5.74, 6) is 0.184. The fourth-order valence-electron chi connectivity index (χ4n) is 4.73. The second kappa shape index (κ2) is 9.79. The molecule has 2 atom stereocenters. The molecule has 2 amide bonds. The van der Waals surface area contributed by atoms with Gasteiger partial charge in [0.25, 0.3) is 0 Å². The molecular formula is C26H29F3N2O4. The molecule has 0 spiro atoms. The third-order valence-corrected chi connectivity index (χ3v) is 6.45. The molecule has 1 aliphatic carbocycles. The zero-order chi connectivity index (χ0) is 25.3. The smallest absolute Gasteiger partial charge is 0.416 e. The van der Waals surface area contributed by atoms with Crippen LogP contribution in [0.1, 0.15) is 55.8 Å². The van der Waals surface area contributed by atoms with E-state index in [1.54, 1.807) is 13.8 Å². The molecule has 0 aromatic heterocycles. The van der Waals surface area contributed by atoms with Gasteiger partial charge in [0.1, 0.15) is 0 Å². The molecular weight excluding hydrogens is 461 g/mol. The SMILES string of the molecule is COC(=O)N(Cc1ccccc1)C1CC(C2CC2)N(C(=O)OC(C)C)c2ccc(C(F)(F)F)cc21. The average molecular weight is 491 g/mol. The monoisotopic (exact) mass is 490 g/mol. The van der Waals surface area contributed by atoms with Crippen LogP contribution in [0, 0.1) is 5.92 Å². The minimum absolute atomic E-state index is 0.154. The highest BCUT2D eigenvalue weighted by Crippen LogP contribution is 2.49. The van der Waals surface area contributed by atoms with E-state index in [1.165, 1.54) is 23.0 Å². The lowest BCUT2D eigenvalue weighted by Crippen LogP contribution is -2.50. The normalized spacial score (nSPS) is 19.8. The number of alkyl halides is 3. The lowest BCUT2D eigenvalue weighted by Gasteiger charge is -2.44. The lowest BCUT2D eigenvalue weighted by atomic mass is 9.86. The van der Waals surface area contributed by atoms with E-state index >= 15 is 0 Å². The zero-order valence-corrected chi connectivity index (χ0v) is 19.9. The summed E-state index contributed by atoms with van der Waals surface area (Å²) in [6.45, 7) is 3.61. The quantitative estimate of drug-likeness (QED) is 0.477. The van der Waals surface area contributed by atoms with Crippen molar-refractivity contribution in [3.8, 4) is 0 Å². The molecule has 6 nitrogen and oxygen atoms in total. The van der Waals surface area contributed by atoms with Crippen molar-refractivity contribution in [2.24, 2.45) is 5.92 Å². The molecule has 0 saturated heterocycles. The van der Waals surface area contributed by atoms with Crippen LogP contribution in [0.15, 0.2) is 48.5 Å². The predicted octanol–water partition coefficient (Wildman–Crippen LogP) is 6.55. The van der Waals surface area contributed by atoms with Gasteiger partial charge in [-0.3, -0.25) is 9.80 Å². The van der Waals surface area contributed by atoms with E-state index in [-0.39, 0.29) is 36.6 Å². The Balaban J connectivity index is 1.84. The second-order valence-corrected chi connectivity index (χ2v) is 9.31. The number of fused-ring (bicyclic) bond motifs is 1. The Kier molecular flexibility index (Phi) is 6.96. The molecule has 4 rings (SSSR count). The Hall–Kier alpha value is -3.23. The van der Waals surface area contributed by atoms with Crippen molar-refractivity contribution in [3.63, 3.8) is 0 Å². The van der Waals surface area contributed by atoms with Crippen LogP contribution in [0.25, 0.3) is 0 Å². The molecule has 0 bridgehead atoms. The molecule has 35 heavy (non-hydrogen) atoms. The fourth-order valence-corrected chi connectivity index (χ4v) is 4.73. The fraction of sp³-hybridized carbons (Fsp3) is 0.462. The minimum Gasteiger partial charge on any atom is -0.453 e. The van der Waals surface area contributed by atoms with E-state index in [2.05, 4.69) is 0 Å². The van der Waals surface area contributed by atoms with Gasteiger partial charge in [-0.1, -0.05) is 30.3 Å². The number of hydrogen-bond donors (Lipinski definition) is 0. The van der Waals surface area contributed by atoms with Crippen molar-refractivity contribution < 1.29 is 32.2 Å². The van der Waals surface area contributed by atoms with Gasteiger partial charge in [-0.2, -0.15) is 13.2 Å². The summed E-state index contributed by atoms with van der Waals surface area (Å²) in [5, 5.41) is 0. The third kappa shape index (κ3) is 5.39. The van der Waals surface area contributed by atoms with E-state index in [0.717, 1.165) is 30.5 Å². The summed E-state index contributed by atoms with van der Waals surface area (Å²) in [6, 6.07) is 11.5. The van der Waals surface area contributed by atoms with Crippen molar-refractivity contribution in [2.75, 3.05) is 12.0 Å². The van der Waals surface area contributed by atoms with Crippen LogP contribution >= 0.6 is 0 Å². The van der Waals surface area contributed by atoms with Gasteiger partial charge in [0, 0.05) is 12.6 Å². The van der Waals surface area contributed by atoms with E-state index < -0.39 is 30.0 Å². The van der Waals surface area contributed by atoms with Crippen molar-refractivity contribution >= 4 is 17.9 Å². The number of halogens is 3. The number of carbonyl (C=O) groups is 2. The Morgan fingerprint density at radius 1 is 1.11 bits per heavy atom. The molecule has 2 aromatic carbocycles. The van der Waals surface area contributed by atoms with Crippen LogP contribution in [0.2, 0.25) is 0 Å². The first-order valence-corrected chi connectivity index (χ1v) is 11.7. The number of anilines is 1. The first-order chi connectivity index (χ1) is 16.6. The molecule has 188 valence electrons.